The zero-order chi connectivity index (χ0) is 24.0. The van der Waals surface area contributed by atoms with E-state index in [0.29, 0.717) is 16.9 Å². The van der Waals surface area contributed by atoms with Crippen LogP contribution in [0.3, 0.4) is 0 Å². The second-order valence-corrected chi connectivity index (χ2v) is 8.15. The van der Waals surface area contributed by atoms with Crippen LogP contribution in [0.1, 0.15) is 67.8 Å². The lowest BCUT2D eigenvalue weighted by atomic mass is 10.00. The Labute approximate surface area is 187 Å². The van der Waals surface area contributed by atoms with Gasteiger partial charge in [-0.25, -0.2) is 4.79 Å². The number of hydrogen-bond acceptors (Lipinski definition) is 7. The van der Waals surface area contributed by atoms with Gasteiger partial charge in [0.25, 0.3) is 0 Å². The minimum absolute atomic E-state index is 0.0134. The molecule has 0 spiro atoms. The van der Waals surface area contributed by atoms with E-state index in [2.05, 4.69) is 0 Å². The van der Waals surface area contributed by atoms with Crippen molar-refractivity contribution < 1.29 is 28.7 Å². The molecule has 0 fully saturated rings. The quantitative estimate of drug-likeness (QED) is 0.216. The van der Waals surface area contributed by atoms with E-state index >= 15 is 0 Å². The van der Waals surface area contributed by atoms with E-state index < -0.39 is 10.9 Å². The lowest BCUT2D eigenvalue weighted by Crippen LogP contribution is -2.14. The predicted molar refractivity (Wildman–Crippen MR) is 120 cm³/mol. The Morgan fingerprint density at radius 1 is 0.844 bits per heavy atom. The maximum Gasteiger partial charge on any atom is 0.338 e. The molecule has 0 bridgehead atoms. The van der Waals surface area contributed by atoms with Crippen molar-refractivity contribution in [2.75, 3.05) is 0 Å². The van der Waals surface area contributed by atoms with Gasteiger partial charge in [-0.2, -0.15) is 0 Å². The molecule has 8 heteroatoms. The highest BCUT2D eigenvalue weighted by Crippen LogP contribution is 2.30. The summed E-state index contributed by atoms with van der Waals surface area (Å²) in [4.78, 5) is 35.9. The van der Waals surface area contributed by atoms with E-state index in [-0.39, 0.29) is 47.5 Å². The highest BCUT2D eigenvalue weighted by atomic mass is 16.6. The topological polar surface area (TPSA) is 105 Å². The minimum Gasteiger partial charge on any atom is -0.491 e. The molecule has 0 aromatic heterocycles. The van der Waals surface area contributed by atoms with Crippen molar-refractivity contribution in [2.45, 2.75) is 66.3 Å². The van der Waals surface area contributed by atoms with Crippen LogP contribution in [0.4, 0.5) is 5.69 Å². The van der Waals surface area contributed by atoms with Crippen molar-refractivity contribution in [3.63, 3.8) is 0 Å². The molecule has 0 heterocycles. The number of hydrogen-bond donors (Lipinski definition) is 0. The molecular formula is C24H29NO7. The van der Waals surface area contributed by atoms with E-state index in [0.717, 1.165) is 0 Å². The van der Waals surface area contributed by atoms with Crippen molar-refractivity contribution >= 4 is 17.4 Å². The first kappa shape index (κ1) is 24.8. The summed E-state index contributed by atoms with van der Waals surface area (Å²) in [6, 6.07) is 8.87. The molecule has 2 rings (SSSR count). The molecule has 0 radical (unpaired) electrons. The molecule has 0 saturated carbocycles. The Bertz CT molecular complexity index is 996. The summed E-state index contributed by atoms with van der Waals surface area (Å²) >= 11 is 0. The van der Waals surface area contributed by atoms with Gasteiger partial charge in [-0.1, -0.05) is 6.07 Å². The van der Waals surface area contributed by atoms with Gasteiger partial charge in [-0.15, -0.1) is 0 Å². The standard InChI is InChI=1S/C24H29NO7/c1-14(2)30-22-13-19(24(27)32-16(5)6)8-7-18(22)11-21(26)17-9-10-20(25(28)29)23(12-17)31-15(3)4/h7-10,12-16H,11H2,1-6H3. The molecule has 0 aliphatic carbocycles. The van der Waals surface area contributed by atoms with E-state index in [1.807, 2.05) is 13.8 Å². The Balaban J connectivity index is 2.35. The van der Waals surface area contributed by atoms with Gasteiger partial charge in [0, 0.05) is 23.6 Å². The van der Waals surface area contributed by atoms with Crippen LogP contribution < -0.4 is 9.47 Å². The van der Waals surface area contributed by atoms with E-state index in [1.54, 1.807) is 45.9 Å². The molecule has 0 unspecified atom stereocenters. The number of ketones is 1. The molecule has 0 aliphatic rings. The Morgan fingerprint density at radius 3 is 1.97 bits per heavy atom. The number of Topliss-reactive ketones (excluding diaryl/α,β-unsaturated/α-hetero) is 1. The van der Waals surface area contributed by atoms with Crippen LogP contribution in [0.15, 0.2) is 36.4 Å². The summed E-state index contributed by atoms with van der Waals surface area (Å²) in [7, 11) is 0. The number of benzene rings is 2. The van der Waals surface area contributed by atoms with E-state index in [1.165, 1.54) is 18.2 Å². The Kier molecular flexibility index (Phi) is 8.34. The predicted octanol–water partition coefficient (Wildman–Crippen LogP) is 5.16. The molecular weight excluding hydrogens is 414 g/mol. The average Bonchev–Trinajstić information content (AvgIpc) is 2.67. The van der Waals surface area contributed by atoms with Crippen LogP contribution in [0, 0.1) is 10.1 Å². The summed E-state index contributed by atoms with van der Waals surface area (Å²) in [5, 5.41) is 11.3. The Morgan fingerprint density at radius 2 is 1.41 bits per heavy atom. The summed E-state index contributed by atoms with van der Waals surface area (Å²) in [5.74, 6) is -0.287. The molecule has 0 atom stereocenters. The molecule has 32 heavy (non-hydrogen) atoms. The number of carbonyl (C=O) groups is 2. The third-order valence-corrected chi connectivity index (χ3v) is 4.20. The third kappa shape index (κ3) is 6.80. The van der Waals surface area contributed by atoms with Crippen LogP contribution in [0.2, 0.25) is 0 Å². The first-order chi connectivity index (χ1) is 15.0. The van der Waals surface area contributed by atoms with Gasteiger partial charge in [0.1, 0.15) is 5.75 Å². The second kappa shape index (κ2) is 10.7. The van der Waals surface area contributed by atoms with Crippen molar-refractivity contribution in [2.24, 2.45) is 0 Å². The van der Waals surface area contributed by atoms with Crippen LogP contribution in [0.25, 0.3) is 0 Å². The van der Waals surface area contributed by atoms with Crippen molar-refractivity contribution in [3.8, 4) is 11.5 Å². The van der Waals surface area contributed by atoms with Crippen LogP contribution in [0.5, 0.6) is 11.5 Å². The van der Waals surface area contributed by atoms with Crippen molar-refractivity contribution in [3.05, 3.63) is 63.2 Å². The highest BCUT2D eigenvalue weighted by molar-refractivity contribution is 5.99. The molecule has 2 aromatic rings. The molecule has 0 saturated heterocycles. The van der Waals surface area contributed by atoms with Gasteiger partial charge in [0.05, 0.1) is 28.8 Å². The zero-order valence-corrected chi connectivity index (χ0v) is 19.2. The van der Waals surface area contributed by atoms with Crippen LogP contribution >= 0.6 is 0 Å². The SMILES string of the molecule is CC(C)OC(=O)c1ccc(CC(=O)c2ccc([N+](=O)[O-])c(OC(C)C)c2)c(OC(C)C)c1. The largest absolute Gasteiger partial charge is 0.491 e. The number of ether oxygens (including phenoxy) is 3. The zero-order valence-electron chi connectivity index (χ0n) is 19.2. The monoisotopic (exact) mass is 443 g/mol. The summed E-state index contributed by atoms with van der Waals surface area (Å²) < 4.78 is 16.6. The second-order valence-electron chi connectivity index (χ2n) is 8.15. The maximum atomic E-state index is 13.0. The number of carbonyl (C=O) groups excluding carboxylic acids is 2. The van der Waals surface area contributed by atoms with Crippen molar-refractivity contribution in [1.29, 1.82) is 0 Å². The van der Waals surface area contributed by atoms with Gasteiger partial charge in [0.2, 0.25) is 0 Å². The molecule has 0 N–H and O–H groups in total. The minimum atomic E-state index is -0.546. The lowest BCUT2D eigenvalue weighted by Gasteiger charge is -2.16. The summed E-state index contributed by atoms with van der Waals surface area (Å²) in [6.45, 7) is 10.7. The summed E-state index contributed by atoms with van der Waals surface area (Å²) in [6.07, 6.45) is -0.739. The fourth-order valence-corrected chi connectivity index (χ4v) is 2.94. The molecule has 2 aromatic carbocycles. The first-order valence-electron chi connectivity index (χ1n) is 10.5. The number of rotatable bonds is 10. The normalized spacial score (nSPS) is 11.0. The molecule has 172 valence electrons. The Hall–Kier alpha value is -3.42. The third-order valence-electron chi connectivity index (χ3n) is 4.20. The highest BCUT2D eigenvalue weighted by Gasteiger charge is 2.21. The number of nitro groups is 1. The van der Waals surface area contributed by atoms with Gasteiger partial charge in [0.15, 0.2) is 11.5 Å². The molecule has 0 amide bonds. The van der Waals surface area contributed by atoms with Gasteiger partial charge >= 0.3 is 11.7 Å². The average molecular weight is 443 g/mol. The maximum absolute atomic E-state index is 13.0. The van der Waals surface area contributed by atoms with Crippen LogP contribution in [-0.4, -0.2) is 35.0 Å². The fraction of sp³-hybridized carbons (Fsp3) is 0.417. The smallest absolute Gasteiger partial charge is 0.338 e. The van der Waals surface area contributed by atoms with Gasteiger partial charge in [-0.05, 0) is 65.8 Å². The van der Waals surface area contributed by atoms with Gasteiger partial charge < -0.3 is 14.2 Å². The van der Waals surface area contributed by atoms with E-state index in [4.69, 9.17) is 14.2 Å². The lowest BCUT2D eigenvalue weighted by molar-refractivity contribution is -0.386. The van der Waals surface area contributed by atoms with E-state index in [9.17, 15) is 19.7 Å². The first-order valence-corrected chi connectivity index (χ1v) is 10.5. The molecule has 8 nitrogen and oxygen atoms in total. The summed E-state index contributed by atoms with van der Waals surface area (Å²) in [5.41, 5.74) is 1.00. The number of nitrogens with zero attached hydrogens (tertiary/aromatic N) is 1. The van der Waals surface area contributed by atoms with Crippen molar-refractivity contribution in [1.82, 2.24) is 0 Å². The number of nitro benzene ring substituents is 1. The molecule has 0 aliphatic heterocycles. The fourth-order valence-electron chi connectivity index (χ4n) is 2.94. The number of esters is 1. The van der Waals surface area contributed by atoms with Crippen LogP contribution in [-0.2, 0) is 11.2 Å². The van der Waals surface area contributed by atoms with Gasteiger partial charge in [-0.3, -0.25) is 14.9 Å².